The molecule has 0 saturated carbocycles. The summed E-state index contributed by atoms with van der Waals surface area (Å²) in [6, 6.07) is 12.4. The molecule has 1 atom stereocenters. The third-order valence-corrected chi connectivity index (χ3v) is 3.45. The van der Waals surface area contributed by atoms with Crippen LogP contribution in [0.5, 0.6) is 0 Å². The first-order valence-corrected chi connectivity index (χ1v) is 7.16. The highest BCUT2D eigenvalue weighted by Gasteiger charge is 2.26. The minimum absolute atomic E-state index is 0.0925. The van der Waals surface area contributed by atoms with Crippen LogP contribution in [-0.4, -0.2) is 14.6 Å². The number of halogens is 1. The van der Waals surface area contributed by atoms with Crippen molar-refractivity contribution in [2.45, 2.75) is 37.4 Å². The largest absolute Gasteiger partial charge is 0.237 e. The molecule has 0 saturated heterocycles. The van der Waals surface area contributed by atoms with Crippen molar-refractivity contribution < 1.29 is 0 Å². The number of benzene rings is 1. The summed E-state index contributed by atoms with van der Waals surface area (Å²) in [5, 5.41) is 4.46. The van der Waals surface area contributed by atoms with Gasteiger partial charge in [-0.05, 0) is 24.6 Å². The standard InChI is InChI=1S/C15H19BrN2/c1-12(16)11-15(2,3)14-9-10-17-18(14)13-7-5-4-6-8-13/h4-10,12H,11H2,1-3H3. The van der Waals surface area contributed by atoms with Gasteiger partial charge >= 0.3 is 0 Å². The van der Waals surface area contributed by atoms with Gasteiger partial charge < -0.3 is 0 Å². The maximum atomic E-state index is 4.46. The van der Waals surface area contributed by atoms with Gasteiger partial charge in [0.05, 0.1) is 5.69 Å². The molecule has 1 heterocycles. The second-order valence-corrected chi connectivity index (χ2v) is 6.90. The molecule has 1 unspecified atom stereocenters. The van der Waals surface area contributed by atoms with Crippen molar-refractivity contribution in [3.8, 4) is 5.69 Å². The Morgan fingerprint density at radius 2 is 1.89 bits per heavy atom. The molecule has 0 spiro atoms. The Hall–Kier alpha value is -1.09. The van der Waals surface area contributed by atoms with Gasteiger partial charge in [0.2, 0.25) is 0 Å². The molecular weight excluding hydrogens is 288 g/mol. The van der Waals surface area contributed by atoms with Crippen LogP contribution in [0.25, 0.3) is 5.69 Å². The molecule has 2 aromatic rings. The first-order valence-electron chi connectivity index (χ1n) is 6.25. The van der Waals surface area contributed by atoms with Crippen molar-refractivity contribution in [2.24, 2.45) is 0 Å². The highest BCUT2D eigenvalue weighted by atomic mass is 79.9. The van der Waals surface area contributed by atoms with Crippen molar-refractivity contribution in [1.29, 1.82) is 0 Å². The molecule has 0 fully saturated rings. The van der Waals surface area contributed by atoms with E-state index < -0.39 is 0 Å². The number of rotatable bonds is 4. The van der Waals surface area contributed by atoms with E-state index in [-0.39, 0.29) is 5.41 Å². The zero-order valence-electron chi connectivity index (χ0n) is 11.1. The molecule has 0 aliphatic heterocycles. The molecule has 0 N–H and O–H groups in total. The van der Waals surface area contributed by atoms with Crippen molar-refractivity contribution in [2.75, 3.05) is 0 Å². The van der Waals surface area contributed by atoms with Crippen LogP contribution < -0.4 is 0 Å². The maximum absolute atomic E-state index is 4.46. The Labute approximate surface area is 117 Å². The molecule has 2 rings (SSSR count). The summed E-state index contributed by atoms with van der Waals surface area (Å²) >= 11 is 3.65. The van der Waals surface area contributed by atoms with Crippen molar-refractivity contribution in [3.05, 3.63) is 48.3 Å². The first-order chi connectivity index (χ1) is 8.50. The summed E-state index contributed by atoms with van der Waals surface area (Å²) in [4.78, 5) is 0.492. The van der Waals surface area contributed by atoms with Crippen molar-refractivity contribution in [3.63, 3.8) is 0 Å². The summed E-state index contributed by atoms with van der Waals surface area (Å²) in [5.74, 6) is 0. The van der Waals surface area contributed by atoms with Gasteiger partial charge in [-0.3, -0.25) is 0 Å². The van der Waals surface area contributed by atoms with Gasteiger partial charge in [-0.2, -0.15) is 5.10 Å². The van der Waals surface area contributed by atoms with E-state index in [9.17, 15) is 0 Å². The summed E-state index contributed by atoms with van der Waals surface area (Å²) in [5.41, 5.74) is 2.46. The fourth-order valence-electron chi connectivity index (χ4n) is 2.40. The van der Waals surface area contributed by atoms with E-state index in [1.54, 1.807) is 0 Å². The predicted octanol–water partition coefficient (Wildman–Crippen LogP) is 4.32. The SMILES string of the molecule is CC(Br)CC(C)(C)c1ccnn1-c1ccccc1. The Balaban J connectivity index is 2.39. The molecule has 96 valence electrons. The van der Waals surface area contributed by atoms with E-state index in [2.05, 4.69) is 60.0 Å². The Bertz CT molecular complexity index is 500. The smallest absolute Gasteiger partial charge is 0.0649 e. The first kappa shape index (κ1) is 13.3. The summed E-state index contributed by atoms with van der Waals surface area (Å²) in [6.45, 7) is 6.72. The van der Waals surface area contributed by atoms with Crippen LogP contribution in [0.4, 0.5) is 0 Å². The van der Waals surface area contributed by atoms with Gasteiger partial charge in [-0.15, -0.1) is 0 Å². The van der Waals surface area contributed by atoms with Crippen LogP contribution in [0.2, 0.25) is 0 Å². The Morgan fingerprint density at radius 3 is 2.50 bits per heavy atom. The molecule has 0 bridgehead atoms. The van der Waals surface area contributed by atoms with Gasteiger partial charge in [0.25, 0.3) is 0 Å². The zero-order valence-corrected chi connectivity index (χ0v) is 12.7. The average Bonchev–Trinajstić information content (AvgIpc) is 2.78. The molecule has 1 aromatic carbocycles. The molecule has 3 heteroatoms. The summed E-state index contributed by atoms with van der Waals surface area (Å²) < 4.78 is 2.04. The predicted molar refractivity (Wildman–Crippen MR) is 79.6 cm³/mol. The van der Waals surface area contributed by atoms with Crippen LogP contribution in [0.15, 0.2) is 42.6 Å². The Morgan fingerprint density at radius 1 is 1.22 bits per heavy atom. The van der Waals surface area contributed by atoms with Gasteiger partial charge in [0, 0.05) is 22.1 Å². The number of aromatic nitrogens is 2. The van der Waals surface area contributed by atoms with Crippen LogP contribution in [0, 0.1) is 0 Å². The highest BCUT2D eigenvalue weighted by molar-refractivity contribution is 9.09. The molecule has 18 heavy (non-hydrogen) atoms. The van der Waals surface area contributed by atoms with Gasteiger partial charge in [-0.25, -0.2) is 4.68 Å². The van der Waals surface area contributed by atoms with Gasteiger partial charge in [0.1, 0.15) is 0 Å². The third kappa shape index (κ3) is 2.83. The quantitative estimate of drug-likeness (QED) is 0.769. The van der Waals surface area contributed by atoms with Crippen LogP contribution in [0.3, 0.4) is 0 Å². The molecule has 0 radical (unpaired) electrons. The topological polar surface area (TPSA) is 17.8 Å². The lowest BCUT2D eigenvalue weighted by Crippen LogP contribution is -2.24. The normalized spacial score (nSPS) is 13.6. The second-order valence-electron chi connectivity index (χ2n) is 5.33. The second kappa shape index (κ2) is 5.27. The number of alkyl halides is 1. The van der Waals surface area contributed by atoms with Crippen molar-refractivity contribution >= 4 is 15.9 Å². The van der Waals surface area contributed by atoms with Gasteiger partial charge in [0.15, 0.2) is 0 Å². The molecule has 1 aromatic heterocycles. The highest BCUT2D eigenvalue weighted by Crippen LogP contribution is 2.31. The summed E-state index contributed by atoms with van der Waals surface area (Å²) in [6.07, 6.45) is 2.95. The van der Waals surface area contributed by atoms with E-state index in [1.807, 2.05) is 29.1 Å². The number of nitrogens with zero attached hydrogens (tertiary/aromatic N) is 2. The average molecular weight is 307 g/mol. The lowest BCUT2D eigenvalue weighted by molar-refractivity contribution is 0.454. The molecule has 0 amide bonds. The lowest BCUT2D eigenvalue weighted by Gasteiger charge is -2.27. The van der Waals surface area contributed by atoms with E-state index >= 15 is 0 Å². The van der Waals surface area contributed by atoms with E-state index in [1.165, 1.54) is 5.69 Å². The van der Waals surface area contributed by atoms with Crippen LogP contribution >= 0.6 is 15.9 Å². The molecule has 0 aliphatic rings. The minimum Gasteiger partial charge on any atom is -0.237 e. The van der Waals surface area contributed by atoms with E-state index in [0.29, 0.717) is 4.83 Å². The third-order valence-electron chi connectivity index (χ3n) is 3.13. The number of hydrogen-bond acceptors (Lipinski definition) is 1. The molecule has 2 nitrogen and oxygen atoms in total. The molecular formula is C15H19BrN2. The summed E-state index contributed by atoms with van der Waals surface area (Å²) in [7, 11) is 0. The van der Waals surface area contributed by atoms with E-state index in [4.69, 9.17) is 0 Å². The van der Waals surface area contributed by atoms with Crippen LogP contribution in [-0.2, 0) is 5.41 Å². The van der Waals surface area contributed by atoms with Gasteiger partial charge in [-0.1, -0.05) is 54.9 Å². The van der Waals surface area contributed by atoms with Crippen LogP contribution in [0.1, 0.15) is 32.9 Å². The Kier molecular flexibility index (Phi) is 3.91. The number of hydrogen-bond donors (Lipinski definition) is 0. The number of para-hydroxylation sites is 1. The maximum Gasteiger partial charge on any atom is 0.0649 e. The van der Waals surface area contributed by atoms with Crippen molar-refractivity contribution in [1.82, 2.24) is 9.78 Å². The zero-order chi connectivity index (χ0) is 13.2. The minimum atomic E-state index is 0.0925. The fourth-order valence-corrected chi connectivity index (χ4v) is 3.21. The van der Waals surface area contributed by atoms with E-state index in [0.717, 1.165) is 12.1 Å². The fraction of sp³-hybridized carbons (Fsp3) is 0.400. The monoisotopic (exact) mass is 306 g/mol. The lowest BCUT2D eigenvalue weighted by atomic mass is 9.84. The molecule has 0 aliphatic carbocycles.